The largest absolute Gasteiger partial charge is 0.306 e. The number of hydrogen-bond donors (Lipinski definition) is 0. The predicted molar refractivity (Wildman–Crippen MR) is 40.1 cm³/mol. The van der Waals surface area contributed by atoms with Crippen molar-refractivity contribution in [1.82, 2.24) is 4.90 Å². The van der Waals surface area contributed by atoms with Crippen molar-refractivity contribution in [2.45, 2.75) is 12.1 Å². The zero-order valence-corrected chi connectivity index (χ0v) is 6.65. The SMILES string of the molecule is CPC1CCN(C)C1. The molecule has 1 heterocycles. The lowest BCUT2D eigenvalue weighted by Gasteiger charge is -2.05. The van der Waals surface area contributed by atoms with E-state index >= 15 is 0 Å². The maximum Gasteiger partial charge on any atom is 0.00440 e. The second-order valence-electron chi connectivity index (χ2n) is 2.54. The van der Waals surface area contributed by atoms with Crippen LogP contribution in [0.25, 0.3) is 0 Å². The molecule has 1 nitrogen and oxygen atoms in total. The highest BCUT2D eigenvalue weighted by atomic mass is 31.1. The van der Waals surface area contributed by atoms with E-state index in [1.807, 2.05) is 0 Å². The Balaban J connectivity index is 2.22. The molecule has 0 bridgehead atoms. The predicted octanol–water partition coefficient (Wildman–Crippen LogP) is 0.999. The number of hydrogen-bond acceptors (Lipinski definition) is 1. The molecule has 1 fully saturated rings. The summed E-state index contributed by atoms with van der Waals surface area (Å²) in [5, 5.41) is 0. The van der Waals surface area contributed by atoms with E-state index in [0.717, 1.165) is 14.2 Å². The van der Waals surface area contributed by atoms with Gasteiger partial charge in [0.25, 0.3) is 0 Å². The van der Waals surface area contributed by atoms with E-state index in [1.165, 1.54) is 19.5 Å². The van der Waals surface area contributed by atoms with Gasteiger partial charge in [-0.3, -0.25) is 0 Å². The zero-order valence-electron chi connectivity index (χ0n) is 5.65. The van der Waals surface area contributed by atoms with Gasteiger partial charge in [-0.05, 0) is 32.3 Å². The Bertz CT molecular complexity index is 74.9. The maximum atomic E-state index is 2.42. The first-order valence-electron chi connectivity index (χ1n) is 3.18. The van der Waals surface area contributed by atoms with Crippen LogP contribution in [0.3, 0.4) is 0 Å². The van der Waals surface area contributed by atoms with Gasteiger partial charge in [0.05, 0.1) is 0 Å². The molecule has 0 aliphatic carbocycles. The number of rotatable bonds is 1. The molecule has 0 aromatic rings. The van der Waals surface area contributed by atoms with Gasteiger partial charge in [0.2, 0.25) is 0 Å². The van der Waals surface area contributed by atoms with Gasteiger partial charge in [0, 0.05) is 6.54 Å². The molecule has 2 unspecified atom stereocenters. The minimum absolute atomic E-state index is 1.03. The third kappa shape index (κ3) is 1.43. The van der Waals surface area contributed by atoms with E-state index in [4.69, 9.17) is 0 Å². The minimum atomic E-state index is 1.03. The fraction of sp³-hybridized carbons (Fsp3) is 1.00. The molecule has 0 spiro atoms. The molecule has 0 aromatic carbocycles. The number of likely N-dealkylation sites (tertiary alicyclic amines) is 1. The summed E-state index contributed by atoms with van der Waals surface area (Å²) < 4.78 is 0. The van der Waals surface area contributed by atoms with Crippen molar-refractivity contribution in [3.63, 3.8) is 0 Å². The van der Waals surface area contributed by atoms with Gasteiger partial charge in [-0.25, -0.2) is 0 Å². The van der Waals surface area contributed by atoms with E-state index < -0.39 is 0 Å². The molecule has 0 saturated carbocycles. The molecule has 0 amide bonds. The summed E-state index contributed by atoms with van der Waals surface area (Å²) in [5.41, 5.74) is 1.03. The molecule has 2 atom stereocenters. The molecule has 1 saturated heterocycles. The molecule has 0 aromatic heterocycles. The quantitative estimate of drug-likeness (QED) is 0.480. The first-order valence-corrected chi connectivity index (χ1v) is 4.76. The third-order valence-corrected chi connectivity index (χ3v) is 3.09. The summed E-state index contributed by atoms with van der Waals surface area (Å²) in [5.74, 6) is 0. The molecule has 1 rings (SSSR count). The van der Waals surface area contributed by atoms with E-state index in [1.54, 1.807) is 0 Å². The summed E-state index contributed by atoms with van der Waals surface area (Å²) in [6.45, 7) is 4.98. The topological polar surface area (TPSA) is 3.24 Å². The van der Waals surface area contributed by atoms with Crippen molar-refractivity contribution in [2.24, 2.45) is 0 Å². The standard InChI is InChI=1S/C6H14NP/c1-7-4-3-6(5-7)8-2/h6,8H,3-5H2,1-2H3. The molecule has 48 valence electrons. The van der Waals surface area contributed by atoms with Crippen LogP contribution in [-0.2, 0) is 0 Å². The lowest BCUT2D eigenvalue weighted by molar-refractivity contribution is 0.419. The summed E-state index contributed by atoms with van der Waals surface area (Å²) in [7, 11) is 3.36. The van der Waals surface area contributed by atoms with Crippen LogP contribution in [0.4, 0.5) is 0 Å². The highest BCUT2D eigenvalue weighted by Gasteiger charge is 2.16. The molecule has 1 aliphatic rings. The Labute approximate surface area is 53.2 Å². The average molecular weight is 131 g/mol. The zero-order chi connectivity index (χ0) is 5.98. The lowest BCUT2D eigenvalue weighted by atomic mass is 10.4. The van der Waals surface area contributed by atoms with Gasteiger partial charge in [0.15, 0.2) is 0 Å². The van der Waals surface area contributed by atoms with Gasteiger partial charge in [-0.15, -0.1) is 8.58 Å². The molecule has 2 heteroatoms. The smallest absolute Gasteiger partial charge is 0.00440 e. The Hall–Kier alpha value is 0.390. The Morgan fingerprint density at radius 1 is 1.62 bits per heavy atom. The molecule has 8 heavy (non-hydrogen) atoms. The van der Waals surface area contributed by atoms with Crippen LogP contribution < -0.4 is 0 Å². The highest BCUT2D eigenvalue weighted by molar-refractivity contribution is 7.37. The summed E-state index contributed by atoms with van der Waals surface area (Å²) in [6.07, 6.45) is 1.44. The first-order chi connectivity index (χ1) is 3.83. The minimum Gasteiger partial charge on any atom is -0.306 e. The van der Waals surface area contributed by atoms with Crippen LogP contribution in [0.5, 0.6) is 0 Å². The van der Waals surface area contributed by atoms with E-state index in [0.29, 0.717) is 0 Å². The summed E-state index contributed by atoms with van der Waals surface area (Å²) in [6, 6.07) is 0. The van der Waals surface area contributed by atoms with Crippen LogP contribution in [0.1, 0.15) is 6.42 Å². The van der Waals surface area contributed by atoms with Gasteiger partial charge >= 0.3 is 0 Å². The lowest BCUT2D eigenvalue weighted by Crippen LogP contribution is -2.14. The van der Waals surface area contributed by atoms with E-state index in [2.05, 4.69) is 18.6 Å². The molecule has 1 aliphatic heterocycles. The Morgan fingerprint density at radius 3 is 2.62 bits per heavy atom. The Morgan fingerprint density at radius 2 is 2.38 bits per heavy atom. The normalized spacial score (nSPS) is 33.0. The van der Waals surface area contributed by atoms with Crippen molar-refractivity contribution < 1.29 is 0 Å². The molecular weight excluding hydrogens is 117 g/mol. The van der Waals surface area contributed by atoms with Crippen LogP contribution in [0.2, 0.25) is 0 Å². The third-order valence-electron chi connectivity index (χ3n) is 1.80. The van der Waals surface area contributed by atoms with E-state index in [9.17, 15) is 0 Å². The van der Waals surface area contributed by atoms with Crippen molar-refractivity contribution in [2.75, 3.05) is 26.8 Å². The average Bonchev–Trinajstić information content (AvgIpc) is 2.14. The second-order valence-corrected chi connectivity index (χ2v) is 3.93. The first kappa shape index (κ1) is 6.51. The van der Waals surface area contributed by atoms with Crippen molar-refractivity contribution in [3.8, 4) is 0 Å². The van der Waals surface area contributed by atoms with Gasteiger partial charge < -0.3 is 4.90 Å². The van der Waals surface area contributed by atoms with Gasteiger partial charge in [-0.1, -0.05) is 0 Å². The van der Waals surface area contributed by atoms with Crippen molar-refractivity contribution >= 4 is 8.58 Å². The summed E-state index contributed by atoms with van der Waals surface area (Å²) >= 11 is 0. The summed E-state index contributed by atoms with van der Waals surface area (Å²) in [4.78, 5) is 2.42. The molecular formula is C6H14NP. The second kappa shape index (κ2) is 2.80. The number of nitrogens with zero attached hydrogens (tertiary/aromatic N) is 1. The molecule has 0 radical (unpaired) electrons. The van der Waals surface area contributed by atoms with Crippen LogP contribution in [0, 0.1) is 0 Å². The van der Waals surface area contributed by atoms with Crippen molar-refractivity contribution in [3.05, 3.63) is 0 Å². The Kier molecular flexibility index (Phi) is 2.27. The van der Waals surface area contributed by atoms with E-state index in [-0.39, 0.29) is 0 Å². The van der Waals surface area contributed by atoms with Crippen LogP contribution in [-0.4, -0.2) is 37.4 Å². The maximum absolute atomic E-state index is 2.42. The highest BCUT2D eigenvalue weighted by Crippen LogP contribution is 2.23. The fourth-order valence-corrected chi connectivity index (χ4v) is 2.08. The fourth-order valence-electron chi connectivity index (χ4n) is 1.17. The van der Waals surface area contributed by atoms with Crippen LogP contribution >= 0.6 is 8.58 Å². The van der Waals surface area contributed by atoms with Crippen LogP contribution in [0.15, 0.2) is 0 Å². The monoisotopic (exact) mass is 131 g/mol. The van der Waals surface area contributed by atoms with Crippen molar-refractivity contribution in [1.29, 1.82) is 0 Å². The van der Waals surface area contributed by atoms with Gasteiger partial charge in [0.1, 0.15) is 0 Å². The van der Waals surface area contributed by atoms with Gasteiger partial charge in [-0.2, -0.15) is 0 Å². The molecule has 0 N–H and O–H groups in total.